The van der Waals surface area contributed by atoms with Gasteiger partial charge in [-0.1, -0.05) is 36.0 Å². The molecule has 130 valence electrons. The van der Waals surface area contributed by atoms with Crippen LogP contribution in [0.25, 0.3) is 0 Å². The first kappa shape index (κ1) is 18.6. The van der Waals surface area contributed by atoms with Crippen LogP contribution in [0, 0.1) is 18.3 Å². The third-order valence-electron chi connectivity index (χ3n) is 3.91. The normalized spacial score (nSPS) is 17.0. The summed E-state index contributed by atoms with van der Waals surface area (Å²) in [5, 5.41) is 13.3. The lowest BCUT2D eigenvalue weighted by Crippen LogP contribution is -2.29. The average Bonchev–Trinajstić information content (AvgIpc) is 2.59. The van der Waals surface area contributed by atoms with Crippen molar-refractivity contribution in [2.24, 2.45) is 5.73 Å². The van der Waals surface area contributed by atoms with Crippen molar-refractivity contribution in [1.29, 1.82) is 5.26 Å². The number of primary amides is 1. The van der Waals surface area contributed by atoms with Crippen molar-refractivity contribution in [3.63, 3.8) is 0 Å². The minimum atomic E-state index is -0.560. The number of carbonyl (C=O) groups is 2. The molecule has 0 aliphatic carbocycles. The van der Waals surface area contributed by atoms with E-state index >= 15 is 0 Å². The molecular formula is C18H19N3O3S. The highest BCUT2D eigenvalue weighted by atomic mass is 32.2. The molecule has 1 heterocycles. The highest BCUT2D eigenvalue weighted by molar-refractivity contribution is 8.03. The first-order chi connectivity index (χ1) is 11.9. The fraction of sp³-hybridized carbons (Fsp3) is 0.278. The number of dihydropyridines is 1. The molecule has 3 N–H and O–H groups in total. The molecule has 0 bridgehead atoms. The number of rotatable bonds is 5. The zero-order valence-electron chi connectivity index (χ0n) is 14.3. The van der Waals surface area contributed by atoms with Crippen LogP contribution in [-0.4, -0.2) is 24.7 Å². The molecule has 6 nitrogen and oxygen atoms in total. The van der Waals surface area contributed by atoms with Gasteiger partial charge in [-0.05, 0) is 25.0 Å². The number of nitrogens with one attached hydrogen (secondary N) is 1. The second kappa shape index (κ2) is 7.90. The van der Waals surface area contributed by atoms with Crippen molar-refractivity contribution in [1.82, 2.24) is 5.32 Å². The minimum absolute atomic E-state index is 0.0366. The van der Waals surface area contributed by atoms with Crippen LogP contribution < -0.4 is 11.1 Å². The Hall–Kier alpha value is -2.72. The molecule has 1 amide bonds. The number of hydrogen-bond acceptors (Lipinski definition) is 6. The number of allylic oxidation sites excluding steroid dienone is 2. The lowest BCUT2D eigenvalue weighted by atomic mass is 9.81. The Bertz CT molecular complexity index is 821. The number of nitriles is 1. The number of benzene rings is 1. The first-order valence-electron chi connectivity index (χ1n) is 7.57. The summed E-state index contributed by atoms with van der Waals surface area (Å²) >= 11 is 1.15. The number of thioether (sulfide) groups is 1. The van der Waals surface area contributed by atoms with Gasteiger partial charge in [-0.15, -0.1) is 0 Å². The van der Waals surface area contributed by atoms with Crippen LogP contribution in [0.4, 0.5) is 0 Å². The molecule has 1 aromatic rings. The van der Waals surface area contributed by atoms with E-state index in [4.69, 9.17) is 10.5 Å². The number of esters is 1. The monoisotopic (exact) mass is 357 g/mol. The molecule has 0 spiro atoms. The molecule has 1 atom stereocenters. The van der Waals surface area contributed by atoms with Crippen LogP contribution in [-0.2, 0) is 14.3 Å². The maximum absolute atomic E-state index is 12.4. The number of aryl methyl sites for hydroxylation is 1. The van der Waals surface area contributed by atoms with Crippen molar-refractivity contribution in [3.05, 3.63) is 57.3 Å². The van der Waals surface area contributed by atoms with Gasteiger partial charge in [0, 0.05) is 5.70 Å². The quantitative estimate of drug-likeness (QED) is 0.782. The maximum atomic E-state index is 12.4. The molecule has 0 radical (unpaired) electrons. The van der Waals surface area contributed by atoms with Crippen LogP contribution in [0.1, 0.15) is 24.0 Å². The summed E-state index contributed by atoms with van der Waals surface area (Å²) < 4.78 is 4.93. The highest BCUT2D eigenvalue weighted by Gasteiger charge is 2.35. The third-order valence-corrected chi connectivity index (χ3v) is 4.95. The van der Waals surface area contributed by atoms with Crippen LogP contribution in [0.2, 0.25) is 0 Å². The zero-order valence-corrected chi connectivity index (χ0v) is 15.1. The summed E-state index contributed by atoms with van der Waals surface area (Å²) in [4.78, 5) is 23.5. The Kier molecular flexibility index (Phi) is 5.88. The van der Waals surface area contributed by atoms with Crippen molar-refractivity contribution in [2.75, 3.05) is 12.9 Å². The van der Waals surface area contributed by atoms with Crippen molar-refractivity contribution in [3.8, 4) is 6.07 Å². The second-order valence-electron chi connectivity index (χ2n) is 5.55. The molecule has 0 saturated heterocycles. The van der Waals surface area contributed by atoms with Gasteiger partial charge in [0.1, 0.15) is 0 Å². The summed E-state index contributed by atoms with van der Waals surface area (Å²) in [6, 6.07) is 9.75. The molecule has 1 aromatic carbocycles. The Labute approximate surface area is 150 Å². The van der Waals surface area contributed by atoms with Gasteiger partial charge in [0.15, 0.2) is 0 Å². The topological polar surface area (TPSA) is 105 Å². The second-order valence-corrected chi connectivity index (χ2v) is 6.54. The molecule has 1 aliphatic heterocycles. The van der Waals surface area contributed by atoms with Crippen molar-refractivity contribution < 1.29 is 14.3 Å². The fourth-order valence-electron chi connectivity index (χ4n) is 2.77. The smallest absolute Gasteiger partial charge is 0.336 e. The molecule has 7 heteroatoms. The van der Waals surface area contributed by atoms with Gasteiger partial charge in [-0.25, -0.2) is 4.79 Å². The molecule has 1 aliphatic rings. The summed E-state index contributed by atoms with van der Waals surface area (Å²) in [6.45, 7) is 3.67. The molecule has 25 heavy (non-hydrogen) atoms. The van der Waals surface area contributed by atoms with E-state index in [0.717, 1.165) is 22.9 Å². The van der Waals surface area contributed by atoms with E-state index in [-0.39, 0.29) is 5.75 Å². The molecular weight excluding hydrogens is 338 g/mol. The van der Waals surface area contributed by atoms with Gasteiger partial charge in [-0.3, -0.25) is 4.79 Å². The molecule has 0 fully saturated rings. The summed E-state index contributed by atoms with van der Waals surface area (Å²) in [6.07, 6.45) is 0. The van der Waals surface area contributed by atoms with E-state index in [1.54, 1.807) is 6.92 Å². The van der Waals surface area contributed by atoms with E-state index in [9.17, 15) is 14.9 Å². The van der Waals surface area contributed by atoms with E-state index in [1.165, 1.54) is 7.11 Å². The number of ether oxygens (including phenoxy) is 1. The molecule has 0 aromatic heterocycles. The predicted molar refractivity (Wildman–Crippen MR) is 96.1 cm³/mol. The van der Waals surface area contributed by atoms with Gasteiger partial charge in [0.05, 0.1) is 41.0 Å². The number of nitrogens with zero attached hydrogens (tertiary/aromatic N) is 1. The molecule has 1 unspecified atom stereocenters. The Morgan fingerprint density at radius 1 is 1.36 bits per heavy atom. The number of nitrogens with two attached hydrogens (primary N) is 1. The lowest BCUT2D eigenvalue weighted by Gasteiger charge is -2.29. The summed E-state index contributed by atoms with van der Waals surface area (Å²) in [5.41, 5.74) is 8.36. The van der Waals surface area contributed by atoms with Gasteiger partial charge >= 0.3 is 5.97 Å². The number of hydrogen-bond donors (Lipinski definition) is 2. The predicted octanol–water partition coefficient (Wildman–Crippen LogP) is 2.08. The summed E-state index contributed by atoms with van der Waals surface area (Å²) in [7, 11) is 1.31. The van der Waals surface area contributed by atoms with Crippen LogP contribution in [0.5, 0.6) is 0 Å². The summed E-state index contributed by atoms with van der Waals surface area (Å²) in [5.74, 6) is -1.50. The first-order valence-corrected chi connectivity index (χ1v) is 8.56. The molecule has 0 saturated carbocycles. The largest absolute Gasteiger partial charge is 0.466 e. The van der Waals surface area contributed by atoms with Crippen LogP contribution >= 0.6 is 11.8 Å². The minimum Gasteiger partial charge on any atom is -0.466 e. The highest BCUT2D eigenvalue weighted by Crippen LogP contribution is 2.41. The standard InChI is InChI=1S/C18H19N3O3S/c1-10-6-4-5-7-12(10)16-13(8-19)17(25-9-14(20)22)21-11(2)15(16)18(23)24-3/h4-7,16,21H,9H2,1-3H3,(H2,20,22). The van der Waals surface area contributed by atoms with Gasteiger partial charge < -0.3 is 15.8 Å². The van der Waals surface area contributed by atoms with Gasteiger partial charge in [0.25, 0.3) is 0 Å². The van der Waals surface area contributed by atoms with E-state index in [1.807, 2.05) is 31.2 Å². The fourth-order valence-corrected chi connectivity index (χ4v) is 3.60. The molecule has 2 rings (SSSR count). The third kappa shape index (κ3) is 3.86. The maximum Gasteiger partial charge on any atom is 0.336 e. The van der Waals surface area contributed by atoms with Crippen molar-refractivity contribution in [2.45, 2.75) is 19.8 Å². The number of methoxy groups -OCH3 is 1. The van der Waals surface area contributed by atoms with Crippen molar-refractivity contribution >= 4 is 23.6 Å². The van der Waals surface area contributed by atoms with Crippen LogP contribution in [0.3, 0.4) is 0 Å². The SMILES string of the molecule is COC(=O)C1=C(C)NC(SCC(N)=O)=C(C#N)C1c1ccccc1C. The van der Waals surface area contributed by atoms with E-state index < -0.39 is 17.8 Å². The number of carbonyl (C=O) groups excluding carboxylic acids is 2. The number of amides is 1. The Morgan fingerprint density at radius 2 is 2.04 bits per heavy atom. The van der Waals surface area contributed by atoms with Gasteiger partial charge in [-0.2, -0.15) is 5.26 Å². The Morgan fingerprint density at radius 3 is 2.60 bits per heavy atom. The van der Waals surface area contributed by atoms with E-state index in [0.29, 0.717) is 21.9 Å². The van der Waals surface area contributed by atoms with Crippen LogP contribution in [0.15, 0.2) is 46.1 Å². The van der Waals surface area contributed by atoms with Gasteiger partial charge in [0.2, 0.25) is 5.91 Å². The zero-order chi connectivity index (χ0) is 18.6. The average molecular weight is 357 g/mol. The van der Waals surface area contributed by atoms with E-state index in [2.05, 4.69) is 11.4 Å². The Balaban J connectivity index is 2.64. The lowest BCUT2D eigenvalue weighted by molar-refractivity contribution is -0.136.